The highest BCUT2D eigenvalue weighted by Gasteiger charge is 2.30. The average molecular weight is 251 g/mol. The van der Waals surface area contributed by atoms with Gasteiger partial charge in [-0.25, -0.2) is 0 Å². The zero-order valence-corrected chi connectivity index (χ0v) is 9.23. The van der Waals surface area contributed by atoms with E-state index >= 15 is 0 Å². The van der Waals surface area contributed by atoms with E-state index < -0.39 is 11.7 Å². The molecular weight excluding hydrogens is 241 g/mol. The van der Waals surface area contributed by atoms with Gasteiger partial charge in [-0.3, -0.25) is 4.99 Å². The molecule has 6 heteroatoms. The second-order valence-electron chi connectivity index (χ2n) is 3.01. The number of benzene rings is 1. The lowest BCUT2D eigenvalue weighted by Gasteiger charge is -2.10. The number of anilines is 1. The predicted octanol–water partition coefficient (Wildman–Crippen LogP) is 3.38. The molecule has 1 rings (SSSR count). The SMILES string of the molecule is CN=C(CCl)Nc1cccc(C(F)(F)F)c1. The molecule has 0 saturated carbocycles. The van der Waals surface area contributed by atoms with Crippen molar-refractivity contribution in [3.05, 3.63) is 29.8 Å². The molecule has 0 aliphatic carbocycles. The first-order chi connectivity index (χ1) is 7.47. The lowest BCUT2D eigenvalue weighted by Crippen LogP contribution is -2.14. The first kappa shape index (κ1) is 12.8. The number of nitrogens with zero attached hydrogens (tertiary/aromatic N) is 1. The van der Waals surface area contributed by atoms with Crippen molar-refractivity contribution in [1.29, 1.82) is 0 Å². The molecule has 0 aromatic heterocycles. The standard InChI is InChI=1S/C10H10ClF3N2/c1-15-9(6-11)16-8-4-2-3-7(5-8)10(12,13)14/h2-5H,6H2,1H3,(H,15,16). The van der Waals surface area contributed by atoms with Gasteiger partial charge < -0.3 is 5.32 Å². The molecule has 0 saturated heterocycles. The Bertz CT molecular complexity index is 388. The van der Waals surface area contributed by atoms with Gasteiger partial charge in [0.05, 0.1) is 11.4 Å². The summed E-state index contributed by atoms with van der Waals surface area (Å²) in [4.78, 5) is 3.79. The minimum atomic E-state index is -4.35. The van der Waals surface area contributed by atoms with Gasteiger partial charge in [-0.15, -0.1) is 11.6 Å². The van der Waals surface area contributed by atoms with Crippen LogP contribution in [0.5, 0.6) is 0 Å². The molecule has 0 radical (unpaired) electrons. The number of aliphatic imine (C=N–C) groups is 1. The van der Waals surface area contributed by atoms with Crippen molar-refractivity contribution < 1.29 is 13.2 Å². The summed E-state index contributed by atoms with van der Waals surface area (Å²) < 4.78 is 37.2. The van der Waals surface area contributed by atoms with Crippen LogP contribution in [0.4, 0.5) is 18.9 Å². The monoisotopic (exact) mass is 250 g/mol. The van der Waals surface area contributed by atoms with Crippen LogP contribution in [-0.2, 0) is 6.18 Å². The zero-order valence-electron chi connectivity index (χ0n) is 8.48. The molecule has 2 nitrogen and oxygen atoms in total. The first-order valence-electron chi connectivity index (χ1n) is 4.43. The maximum atomic E-state index is 12.4. The number of halogens is 4. The third-order valence-corrected chi connectivity index (χ3v) is 2.13. The van der Waals surface area contributed by atoms with E-state index in [2.05, 4.69) is 10.3 Å². The molecule has 1 aromatic carbocycles. The fourth-order valence-electron chi connectivity index (χ4n) is 1.09. The summed E-state index contributed by atoms with van der Waals surface area (Å²) in [7, 11) is 1.51. The molecule has 0 spiro atoms. The highest BCUT2D eigenvalue weighted by Crippen LogP contribution is 2.30. The quantitative estimate of drug-likeness (QED) is 0.486. The molecule has 0 fully saturated rings. The van der Waals surface area contributed by atoms with Crippen LogP contribution in [0, 0.1) is 0 Å². The number of rotatable bonds is 2. The van der Waals surface area contributed by atoms with Crippen LogP contribution >= 0.6 is 11.6 Å². The van der Waals surface area contributed by atoms with E-state index in [-0.39, 0.29) is 5.88 Å². The van der Waals surface area contributed by atoms with E-state index in [1.165, 1.54) is 19.2 Å². The summed E-state index contributed by atoms with van der Waals surface area (Å²) in [6, 6.07) is 4.87. The molecular formula is C10H10ClF3N2. The molecule has 0 aliphatic heterocycles. The molecule has 88 valence electrons. The summed E-state index contributed by atoms with van der Waals surface area (Å²) >= 11 is 5.53. The van der Waals surface area contributed by atoms with E-state index in [4.69, 9.17) is 11.6 Å². The van der Waals surface area contributed by atoms with E-state index in [0.717, 1.165) is 12.1 Å². The van der Waals surface area contributed by atoms with Crippen LogP contribution in [0.15, 0.2) is 29.3 Å². The van der Waals surface area contributed by atoms with Crippen LogP contribution in [0.2, 0.25) is 0 Å². The minimum Gasteiger partial charge on any atom is -0.343 e. The van der Waals surface area contributed by atoms with E-state index in [1.54, 1.807) is 0 Å². The van der Waals surface area contributed by atoms with Gasteiger partial charge in [-0.2, -0.15) is 13.2 Å². The normalized spacial score (nSPS) is 12.7. The van der Waals surface area contributed by atoms with Crippen LogP contribution < -0.4 is 5.32 Å². The summed E-state index contributed by atoms with van der Waals surface area (Å²) in [5.41, 5.74) is -0.390. The molecule has 1 aromatic rings. The van der Waals surface area contributed by atoms with Crippen molar-refractivity contribution in [2.45, 2.75) is 6.18 Å². The maximum Gasteiger partial charge on any atom is 0.416 e. The van der Waals surface area contributed by atoms with Gasteiger partial charge in [0.2, 0.25) is 0 Å². The van der Waals surface area contributed by atoms with Crippen molar-refractivity contribution in [3.63, 3.8) is 0 Å². The Kier molecular flexibility index (Phi) is 4.18. The molecule has 0 aliphatic rings. The third kappa shape index (κ3) is 3.41. The number of amidine groups is 1. The Balaban J connectivity index is 2.91. The summed E-state index contributed by atoms with van der Waals surface area (Å²) in [5, 5.41) is 2.71. The molecule has 0 amide bonds. The highest BCUT2D eigenvalue weighted by atomic mass is 35.5. The second-order valence-corrected chi connectivity index (χ2v) is 3.27. The Morgan fingerprint density at radius 3 is 2.62 bits per heavy atom. The maximum absolute atomic E-state index is 12.4. The largest absolute Gasteiger partial charge is 0.416 e. The molecule has 0 atom stereocenters. The van der Waals surface area contributed by atoms with Crippen molar-refractivity contribution in [2.24, 2.45) is 4.99 Å². The Hall–Kier alpha value is -1.23. The smallest absolute Gasteiger partial charge is 0.343 e. The summed E-state index contributed by atoms with van der Waals surface area (Å²) in [6.07, 6.45) is -4.35. The van der Waals surface area contributed by atoms with Gasteiger partial charge in [0.15, 0.2) is 0 Å². The van der Waals surface area contributed by atoms with E-state index in [1.807, 2.05) is 0 Å². The number of nitrogens with one attached hydrogen (secondary N) is 1. The fraction of sp³-hybridized carbons (Fsp3) is 0.300. The molecule has 0 heterocycles. The van der Waals surface area contributed by atoms with Gasteiger partial charge >= 0.3 is 6.18 Å². The van der Waals surface area contributed by atoms with E-state index in [0.29, 0.717) is 11.5 Å². The van der Waals surface area contributed by atoms with Gasteiger partial charge in [0.25, 0.3) is 0 Å². The van der Waals surface area contributed by atoms with Crippen LogP contribution in [-0.4, -0.2) is 18.8 Å². The molecule has 1 N–H and O–H groups in total. The zero-order chi connectivity index (χ0) is 12.2. The Morgan fingerprint density at radius 2 is 2.12 bits per heavy atom. The molecule has 16 heavy (non-hydrogen) atoms. The third-order valence-electron chi connectivity index (χ3n) is 1.88. The van der Waals surface area contributed by atoms with Gasteiger partial charge in [-0.05, 0) is 18.2 Å². The number of hydrogen-bond donors (Lipinski definition) is 1. The van der Waals surface area contributed by atoms with Crippen molar-refractivity contribution in [3.8, 4) is 0 Å². The molecule has 0 unspecified atom stereocenters. The summed E-state index contributed by atoms with van der Waals surface area (Å²) in [5.74, 6) is 0.535. The predicted molar refractivity (Wildman–Crippen MR) is 59.1 cm³/mol. The molecule has 0 bridgehead atoms. The van der Waals surface area contributed by atoms with Crippen LogP contribution in [0.1, 0.15) is 5.56 Å². The van der Waals surface area contributed by atoms with Crippen molar-refractivity contribution in [1.82, 2.24) is 0 Å². The first-order valence-corrected chi connectivity index (χ1v) is 4.96. The average Bonchev–Trinajstić information content (AvgIpc) is 2.25. The van der Waals surface area contributed by atoms with Crippen LogP contribution in [0.25, 0.3) is 0 Å². The Labute approximate surface area is 96.1 Å². The van der Waals surface area contributed by atoms with Crippen LogP contribution in [0.3, 0.4) is 0 Å². The minimum absolute atomic E-state index is 0.118. The van der Waals surface area contributed by atoms with Crippen molar-refractivity contribution >= 4 is 23.1 Å². The van der Waals surface area contributed by atoms with Gasteiger partial charge in [0, 0.05) is 12.7 Å². The lowest BCUT2D eigenvalue weighted by atomic mass is 10.2. The number of alkyl halides is 4. The Morgan fingerprint density at radius 1 is 1.44 bits per heavy atom. The fourth-order valence-corrected chi connectivity index (χ4v) is 1.28. The number of hydrogen-bond acceptors (Lipinski definition) is 1. The van der Waals surface area contributed by atoms with Crippen molar-refractivity contribution in [2.75, 3.05) is 18.2 Å². The second kappa shape index (κ2) is 5.21. The van der Waals surface area contributed by atoms with Gasteiger partial charge in [0.1, 0.15) is 5.84 Å². The van der Waals surface area contributed by atoms with Gasteiger partial charge in [-0.1, -0.05) is 6.07 Å². The topological polar surface area (TPSA) is 24.4 Å². The lowest BCUT2D eigenvalue weighted by molar-refractivity contribution is -0.137. The summed E-state index contributed by atoms with van der Waals surface area (Å²) in [6.45, 7) is 0. The highest BCUT2D eigenvalue weighted by molar-refractivity contribution is 6.30. The van der Waals surface area contributed by atoms with E-state index in [9.17, 15) is 13.2 Å².